The van der Waals surface area contributed by atoms with Crippen LogP contribution in [0.15, 0.2) is 11.2 Å². The van der Waals surface area contributed by atoms with Crippen molar-refractivity contribution in [2.24, 2.45) is 17.3 Å². The Hall–Kier alpha value is -1.72. The van der Waals surface area contributed by atoms with Crippen molar-refractivity contribution in [1.29, 1.82) is 0 Å². The van der Waals surface area contributed by atoms with Crippen LogP contribution in [0.3, 0.4) is 0 Å². The van der Waals surface area contributed by atoms with Gasteiger partial charge in [-0.2, -0.15) is 0 Å². The second-order valence-electron chi connectivity index (χ2n) is 11.9. The molecule has 2 N–H and O–H groups in total. The number of epoxide rings is 2. The third-order valence-electron chi connectivity index (χ3n) is 8.38. The predicted octanol–water partition coefficient (Wildman–Crippen LogP) is 4.15. The lowest BCUT2D eigenvalue weighted by Gasteiger charge is -2.36. The molecule has 0 aliphatic carbocycles. The average molecular weight is 554 g/mol. The van der Waals surface area contributed by atoms with Crippen molar-refractivity contribution in [3.05, 3.63) is 21.9 Å². The lowest BCUT2D eigenvalue weighted by atomic mass is 9.71. The van der Waals surface area contributed by atoms with Gasteiger partial charge >= 0.3 is 5.97 Å². The van der Waals surface area contributed by atoms with Gasteiger partial charge in [-0.05, 0) is 45.1 Å². The molecule has 38 heavy (non-hydrogen) atoms. The number of thiazole rings is 1. The summed E-state index contributed by atoms with van der Waals surface area (Å²) in [5.74, 6) is -2.68. The van der Waals surface area contributed by atoms with Crippen molar-refractivity contribution in [3.63, 3.8) is 0 Å². The number of esters is 1. The van der Waals surface area contributed by atoms with Crippen LogP contribution in [-0.2, 0) is 23.8 Å². The van der Waals surface area contributed by atoms with Crippen LogP contribution in [0, 0.1) is 24.2 Å². The number of aromatic nitrogens is 1. The van der Waals surface area contributed by atoms with Crippen LogP contribution >= 0.6 is 11.3 Å². The number of aryl methyl sites for hydroxylation is 1. The number of carbonyl (C=O) groups excluding carboxylic acids is 2. The SMILES string of the molecule is Cc1nc(C=C(F)C2CC3OC3(C)CCCC(C)C(O)C(CC3CO3)C(=O)C(C)(C)C(O)CC(=O)O2)cs1. The average Bonchev–Trinajstić information content (AvgIpc) is 3.74. The molecular formula is C28H40FNO7S. The first-order valence-corrected chi connectivity index (χ1v) is 14.4. The zero-order valence-electron chi connectivity index (χ0n) is 22.8. The Morgan fingerprint density at radius 3 is 2.63 bits per heavy atom. The second kappa shape index (κ2) is 11.4. The Labute approximate surface area is 227 Å². The topological polar surface area (TPSA) is 122 Å². The number of fused-ring (bicyclic) bond motifs is 1. The molecule has 10 heteroatoms. The minimum atomic E-state index is -1.38. The van der Waals surface area contributed by atoms with Crippen molar-refractivity contribution in [1.82, 2.24) is 4.98 Å². The molecule has 4 heterocycles. The highest BCUT2D eigenvalue weighted by molar-refractivity contribution is 7.09. The van der Waals surface area contributed by atoms with Gasteiger partial charge in [-0.25, -0.2) is 9.37 Å². The summed E-state index contributed by atoms with van der Waals surface area (Å²) in [6.45, 7) is 9.38. The van der Waals surface area contributed by atoms with E-state index in [2.05, 4.69) is 4.98 Å². The number of hydrogen-bond donors (Lipinski definition) is 2. The van der Waals surface area contributed by atoms with Crippen molar-refractivity contribution in [2.45, 2.75) is 109 Å². The van der Waals surface area contributed by atoms with E-state index in [1.807, 2.05) is 20.8 Å². The van der Waals surface area contributed by atoms with E-state index in [9.17, 15) is 19.8 Å². The van der Waals surface area contributed by atoms with Crippen LogP contribution in [0.25, 0.3) is 6.08 Å². The van der Waals surface area contributed by atoms with Gasteiger partial charge in [0.05, 0.1) is 59.2 Å². The van der Waals surface area contributed by atoms with Crippen LogP contribution in [0.5, 0.6) is 0 Å². The highest BCUT2D eigenvalue weighted by atomic mass is 32.1. The molecule has 0 aromatic carbocycles. The van der Waals surface area contributed by atoms with E-state index in [0.29, 0.717) is 31.6 Å². The molecule has 0 amide bonds. The molecule has 8 unspecified atom stereocenters. The molecule has 0 bridgehead atoms. The third kappa shape index (κ3) is 6.88. The van der Waals surface area contributed by atoms with Gasteiger partial charge in [0, 0.05) is 17.7 Å². The fourth-order valence-corrected chi connectivity index (χ4v) is 5.96. The highest BCUT2D eigenvalue weighted by Gasteiger charge is 2.53. The third-order valence-corrected chi connectivity index (χ3v) is 9.17. The van der Waals surface area contributed by atoms with Crippen LogP contribution in [-0.4, -0.2) is 69.7 Å². The number of cyclic esters (lactones) is 1. The number of nitrogens with zero attached hydrogens (tertiary/aromatic N) is 1. The molecule has 1 aromatic heterocycles. The van der Waals surface area contributed by atoms with Crippen LogP contribution < -0.4 is 0 Å². The Bertz CT molecular complexity index is 1050. The number of halogens is 1. The molecular weight excluding hydrogens is 513 g/mol. The maximum Gasteiger partial charge on any atom is 0.309 e. The maximum absolute atomic E-state index is 15.4. The Balaban J connectivity index is 1.58. The summed E-state index contributed by atoms with van der Waals surface area (Å²) >= 11 is 1.39. The molecule has 3 fully saturated rings. The van der Waals surface area contributed by atoms with Crippen molar-refractivity contribution in [2.75, 3.05) is 6.61 Å². The molecule has 3 aliphatic heterocycles. The summed E-state index contributed by atoms with van der Waals surface area (Å²) in [6.07, 6.45) is -0.474. The Morgan fingerprint density at radius 1 is 1.29 bits per heavy atom. The summed E-state index contributed by atoms with van der Waals surface area (Å²) in [7, 11) is 0. The fourth-order valence-electron chi connectivity index (χ4n) is 5.39. The van der Waals surface area contributed by atoms with Gasteiger partial charge < -0.3 is 24.4 Å². The largest absolute Gasteiger partial charge is 0.455 e. The number of rotatable bonds is 4. The minimum absolute atomic E-state index is 0.0918. The number of hydrogen-bond acceptors (Lipinski definition) is 9. The van der Waals surface area contributed by atoms with Crippen molar-refractivity contribution >= 4 is 29.2 Å². The van der Waals surface area contributed by atoms with E-state index in [1.54, 1.807) is 19.2 Å². The highest BCUT2D eigenvalue weighted by Crippen LogP contribution is 2.45. The van der Waals surface area contributed by atoms with Gasteiger partial charge in [0.1, 0.15) is 11.6 Å². The van der Waals surface area contributed by atoms with Gasteiger partial charge in [-0.3, -0.25) is 9.59 Å². The second-order valence-corrected chi connectivity index (χ2v) is 13.0. The summed E-state index contributed by atoms with van der Waals surface area (Å²) < 4.78 is 32.2. The van der Waals surface area contributed by atoms with Gasteiger partial charge in [0.15, 0.2) is 6.10 Å². The first-order chi connectivity index (χ1) is 17.8. The number of ether oxygens (including phenoxy) is 3. The molecule has 0 saturated carbocycles. The molecule has 212 valence electrons. The first-order valence-electron chi connectivity index (χ1n) is 13.5. The van der Waals surface area contributed by atoms with Crippen LogP contribution in [0.2, 0.25) is 0 Å². The number of carbonyl (C=O) groups is 2. The maximum atomic E-state index is 15.4. The number of aliphatic hydroxyl groups is 2. The van der Waals surface area contributed by atoms with Crippen molar-refractivity contribution < 1.29 is 38.4 Å². The van der Waals surface area contributed by atoms with E-state index in [-0.39, 0.29) is 30.3 Å². The minimum Gasteiger partial charge on any atom is -0.455 e. The molecule has 4 rings (SSSR count). The summed E-state index contributed by atoms with van der Waals surface area (Å²) in [4.78, 5) is 30.8. The summed E-state index contributed by atoms with van der Waals surface area (Å²) in [5.41, 5.74) is -1.38. The van der Waals surface area contributed by atoms with Gasteiger partial charge in [-0.1, -0.05) is 27.2 Å². The van der Waals surface area contributed by atoms with E-state index in [4.69, 9.17) is 14.2 Å². The van der Waals surface area contributed by atoms with Crippen molar-refractivity contribution in [3.8, 4) is 0 Å². The lowest BCUT2D eigenvalue weighted by Crippen LogP contribution is -2.47. The van der Waals surface area contributed by atoms with Crippen LogP contribution in [0.1, 0.15) is 76.9 Å². The fraction of sp³-hybridized carbons (Fsp3) is 0.750. The van der Waals surface area contributed by atoms with Gasteiger partial charge in [-0.15, -0.1) is 11.3 Å². The summed E-state index contributed by atoms with van der Waals surface area (Å²) in [5, 5.41) is 24.7. The first kappa shape index (κ1) is 29.3. The Kier molecular flexibility index (Phi) is 8.79. The Morgan fingerprint density at radius 2 is 2.00 bits per heavy atom. The molecule has 8 atom stereocenters. The molecule has 0 spiro atoms. The monoisotopic (exact) mass is 553 g/mol. The molecule has 0 radical (unpaired) electrons. The van der Waals surface area contributed by atoms with E-state index in [1.165, 1.54) is 17.4 Å². The number of aliphatic hydroxyl groups excluding tert-OH is 2. The predicted molar refractivity (Wildman–Crippen MR) is 140 cm³/mol. The van der Waals surface area contributed by atoms with E-state index in [0.717, 1.165) is 11.4 Å². The standard InChI is InChI=1S/C28H40FNO7S/c1-15-7-6-8-28(5)23(37-28)11-21(20(29)9-17-14-38-16(2)30-17)36-24(32)12-22(31)27(3,4)26(34)19(25(15)33)10-18-13-35-18/h9,14-15,18-19,21-23,25,31,33H,6-8,10-13H2,1-5H3. The summed E-state index contributed by atoms with van der Waals surface area (Å²) in [6, 6.07) is 0. The molecule has 1 aromatic rings. The number of ketones is 1. The quantitative estimate of drug-likeness (QED) is 0.421. The van der Waals surface area contributed by atoms with Gasteiger partial charge in [0.25, 0.3) is 0 Å². The lowest BCUT2D eigenvalue weighted by molar-refractivity contribution is -0.155. The van der Waals surface area contributed by atoms with E-state index < -0.39 is 53.5 Å². The molecule has 3 saturated heterocycles. The number of Topliss-reactive ketones (excluding diaryl/α,β-unsaturated/α-hetero) is 1. The molecule has 3 aliphatic rings. The zero-order chi connectivity index (χ0) is 27.8. The van der Waals surface area contributed by atoms with Gasteiger partial charge in [0.2, 0.25) is 0 Å². The normalized spacial score (nSPS) is 38.8. The molecule has 8 nitrogen and oxygen atoms in total. The van der Waals surface area contributed by atoms with E-state index >= 15 is 4.39 Å². The zero-order valence-corrected chi connectivity index (χ0v) is 23.6. The van der Waals surface area contributed by atoms with Crippen LogP contribution in [0.4, 0.5) is 4.39 Å². The smallest absolute Gasteiger partial charge is 0.309 e.